The van der Waals surface area contributed by atoms with Gasteiger partial charge < -0.3 is 0 Å². The number of hydrogen-bond donors (Lipinski definition) is 0. The van der Waals surface area contributed by atoms with Crippen LogP contribution < -0.4 is 0 Å². The third-order valence-corrected chi connectivity index (χ3v) is 5.22. The van der Waals surface area contributed by atoms with Crippen LogP contribution in [-0.2, 0) is 0 Å². The molecule has 0 aromatic heterocycles. The first-order valence-electron chi connectivity index (χ1n) is 9.32. The lowest BCUT2D eigenvalue weighted by molar-refractivity contribution is 0.941. The Morgan fingerprint density at radius 2 is 2.08 bits per heavy atom. The van der Waals surface area contributed by atoms with E-state index in [-0.39, 0.29) is 11.8 Å². The number of benzene rings is 1. The number of nitrogens with zero attached hydrogens (tertiary/aromatic N) is 1. The van der Waals surface area contributed by atoms with Crippen molar-refractivity contribution in [2.45, 2.75) is 39.5 Å². The molecule has 2 unspecified atom stereocenters. The lowest BCUT2D eigenvalue weighted by atomic mass is 9.93. The molecule has 3 rings (SSSR count). The molecule has 1 aromatic carbocycles. The van der Waals surface area contributed by atoms with E-state index in [1.54, 1.807) is 0 Å². The summed E-state index contributed by atoms with van der Waals surface area (Å²) in [6.07, 6.45) is 17.7. The molecule has 0 bridgehead atoms. The molecule has 1 aromatic rings. The Hall–Kier alpha value is -2.12. The molecular formula is C24H26ClN. The second kappa shape index (κ2) is 8.51. The zero-order chi connectivity index (χ0) is 18.5. The van der Waals surface area contributed by atoms with E-state index >= 15 is 0 Å². The average Bonchev–Trinajstić information content (AvgIpc) is 2.86. The van der Waals surface area contributed by atoms with Crippen molar-refractivity contribution in [1.82, 2.24) is 0 Å². The van der Waals surface area contributed by atoms with Gasteiger partial charge in [-0.25, -0.2) is 0 Å². The lowest BCUT2D eigenvalue weighted by Crippen LogP contribution is -2.06. The summed E-state index contributed by atoms with van der Waals surface area (Å²) in [5.74, 6) is 0.396. The zero-order valence-electron chi connectivity index (χ0n) is 15.7. The number of hydrogen-bond acceptors (Lipinski definition) is 1. The maximum absolute atomic E-state index is 6.48. The molecule has 1 aliphatic heterocycles. The lowest BCUT2D eigenvalue weighted by Gasteiger charge is -2.15. The van der Waals surface area contributed by atoms with Gasteiger partial charge in [0.25, 0.3) is 0 Å². The van der Waals surface area contributed by atoms with Crippen molar-refractivity contribution in [3.05, 3.63) is 94.2 Å². The second-order valence-corrected chi connectivity index (χ2v) is 7.41. The van der Waals surface area contributed by atoms with Crippen LogP contribution >= 0.6 is 11.6 Å². The molecule has 1 nitrogen and oxygen atoms in total. The number of rotatable bonds is 4. The van der Waals surface area contributed by atoms with Crippen LogP contribution in [0.5, 0.6) is 0 Å². The highest BCUT2D eigenvalue weighted by Gasteiger charge is 2.18. The van der Waals surface area contributed by atoms with E-state index < -0.39 is 0 Å². The van der Waals surface area contributed by atoms with Gasteiger partial charge in [0.05, 0.1) is 5.70 Å². The summed E-state index contributed by atoms with van der Waals surface area (Å²) in [5, 5.41) is 0.798. The number of aliphatic imine (C=N–C) groups is 1. The third kappa shape index (κ3) is 4.34. The maximum atomic E-state index is 6.48. The van der Waals surface area contributed by atoms with Crippen LogP contribution in [0, 0.1) is 5.92 Å². The molecule has 0 fully saturated rings. The second-order valence-electron chi connectivity index (χ2n) is 7.00. The SMILES string of the molecule is C/C=C\C(C)C1=NC(C2=CCCC(C)=C2)=CC(c2ccccc2Cl)C=C1. The van der Waals surface area contributed by atoms with E-state index in [4.69, 9.17) is 16.6 Å². The summed E-state index contributed by atoms with van der Waals surface area (Å²) in [5.41, 5.74) is 5.88. The first-order valence-corrected chi connectivity index (χ1v) is 9.70. The van der Waals surface area contributed by atoms with Gasteiger partial charge >= 0.3 is 0 Å². The summed E-state index contributed by atoms with van der Waals surface area (Å²) in [6, 6.07) is 8.07. The predicted octanol–water partition coefficient (Wildman–Crippen LogP) is 7.20. The topological polar surface area (TPSA) is 12.4 Å². The molecule has 2 atom stereocenters. The molecule has 0 amide bonds. The third-order valence-electron chi connectivity index (χ3n) is 4.87. The molecule has 1 heterocycles. The monoisotopic (exact) mass is 363 g/mol. The van der Waals surface area contributed by atoms with Crippen molar-refractivity contribution in [2.24, 2.45) is 10.9 Å². The van der Waals surface area contributed by atoms with Crippen molar-refractivity contribution in [1.29, 1.82) is 0 Å². The van der Waals surface area contributed by atoms with Gasteiger partial charge in [0.1, 0.15) is 0 Å². The number of halogens is 1. The van der Waals surface area contributed by atoms with Gasteiger partial charge in [0.15, 0.2) is 0 Å². The Morgan fingerprint density at radius 3 is 2.81 bits per heavy atom. The van der Waals surface area contributed by atoms with Crippen LogP contribution in [0.3, 0.4) is 0 Å². The molecule has 134 valence electrons. The molecular weight excluding hydrogens is 338 g/mol. The van der Waals surface area contributed by atoms with Gasteiger partial charge in [-0.2, -0.15) is 0 Å². The standard InChI is InChI=1S/C24H26ClN/c1-4-8-18(3)23-14-13-19(21-11-5-6-12-22(21)25)16-24(26-23)20-10-7-9-17(2)15-20/h4-6,8,10-16,18-19H,7,9H2,1-3H3/b8-4-. The molecule has 26 heavy (non-hydrogen) atoms. The molecule has 0 N–H and O–H groups in total. The number of allylic oxidation sites excluding steroid dienone is 8. The summed E-state index contributed by atoms with van der Waals surface area (Å²) in [7, 11) is 0. The predicted molar refractivity (Wildman–Crippen MR) is 114 cm³/mol. The van der Waals surface area contributed by atoms with Crippen LogP contribution in [0.4, 0.5) is 0 Å². The van der Waals surface area contributed by atoms with E-state index in [9.17, 15) is 0 Å². The van der Waals surface area contributed by atoms with Crippen LogP contribution in [0.25, 0.3) is 0 Å². The fraction of sp³-hybridized carbons (Fsp3) is 0.292. The van der Waals surface area contributed by atoms with Crippen LogP contribution in [0.2, 0.25) is 5.02 Å². The summed E-state index contributed by atoms with van der Waals surface area (Å²) in [6.45, 7) is 6.44. The molecule has 2 heteroatoms. The smallest absolute Gasteiger partial charge is 0.0671 e. The van der Waals surface area contributed by atoms with Crippen LogP contribution in [-0.4, -0.2) is 5.71 Å². The Morgan fingerprint density at radius 1 is 1.27 bits per heavy atom. The average molecular weight is 364 g/mol. The largest absolute Gasteiger partial charge is 0.253 e. The van der Waals surface area contributed by atoms with Crippen molar-refractivity contribution in [2.75, 3.05) is 0 Å². The van der Waals surface area contributed by atoms with Crippen LogP contribution in [0.1, 0.15) is 45.1 Å². The van der Waals surface area contributed by atoms with Crippen molar-refractivity contribution < 1.29 is 0 Å². The van der Waals surface area contributed by atoms with E-state index in [0.29, 0.717) is 0 Å². The highest BCUT2D eigenvalue weighted by Crippen LogP contribution is 2.33. The maximum Gasteiger partial charge on any atom is 0.0671 e. The minimum absolute atomic E-state index is 0.120. The molecule has 0 radical (unpaired) electrons. The summed E-state index contributed by atoms with van der Waals surface area (Å²) < 4.78 is 0. The molecule has 0 saturated carbocycles. The summed E-state index contributed by atoms with van der Waals surface area (Å²) in [4.78, 5) is 5.04. The van der Waals surface area contributed by atoms with E-state index in [2.05, 4.69) is 69.4 Å². The quantitative estimate of drug-likeness (QED) is 0.501. The van der Waals surface area contributed by atoms with E-state index in [1.165, 1.54) is 11.1 Å². The van der Waals surface area contributed by atoms with Crippen LogP contribution in [0.15, 0.2) is 88.6 Å². The Balaban J connectivity index is 2.07. The van der Waals surface area contributed by atoms with Gasteiger partial charge in [-0.05, 0) is 56.0 Å². The normalized spacial score (nSPS) is 21.6. The van der Waals surface area contributed by atoms with Gasteiger partial charge in [0, 0.05) is 22.6 Å². The Labute approximate surface area is 162 Å². The molecule has 1 aliphatic carbocycles. The highest BCUT2D eigenvalue weighted by molar-refractivity contribution is 6.31. The minimum atomic E-state index is 0.120. The Kier molecular flexibility index (Phi) is 6.11. The zero-order valence-corrected chi connectivity index (χ0v) is 16.5. The van der Waals surface area contributed by atoms with Gasteiger partial charge in [0.2, 0.25) is 0 Å². The van der Waals surface area contributed by atoms with Crippen molar-refractivity contribution >= 4 is 17.3 Å². The van der Waals surface area contributed by atoms with Gasteiger partial charge in [-0.3, -0.25) is 4.99 Å². The molecule has 0 saturated heterocycles. The summed E-state index contributed by atoms with van der Waals surface area (Å²) >= 11 is 6.48. The van der Waals surface area contributed by atoms with E-state index in [0.717, 1.165) is 34.8 Å². The fourth-order valence-electron chi connectivity index (χ4n) is 3.41. The minimum Gasteiger partial charge on any atom is -0.253 e. The van der Waals surface area contributed by atoms with Crippen molar-refractivity contribution in [3.63, 3.8) is 0 Å². The Bertz CT molecular complexity index is 849. The fourth-order valence-corrected chi connectivity index (χ4v) is 3.67. The van der Waals surface area contributed by atoms with Gasteiger partial charge in [-0.15, -0.1) is 0 Å². The van der Waals surface area contributed by atoms with Gasteiger partial charge in [-0.1, -0.05) is 72.7 Å². The van der Waals surface area contributed by atoms with Crippen molar-refractivity contribution in [3.8, 4) is 0 Å². The highest BCUT2D eigenvalue weighted by atomic mass is 35.5. The van der Waals surface area contributed by atoms with E-state index in [1.807, 2.05) is 18.2 Å². The molecule has 0 spiro atoms. The first-order chi connectivity index (χ1) is 12.6. The molecule has 2 aliphatic rings. The first kappa shape index (κ1) is 18.7.